The third-order valence-electron chi connectivity index (χ3n) is 8.09. The number of rotatable bonds is 3. The highest BCUT2D eigenvalue weighted by molar-refractivity contribution is 6.42. The van der Waals surface area contributed by atoms with Gasteiger partial charge < -0.3 is 4.42 Å². The van der Waals surface area contributed by atoms with Crippen molar-refractivity contribution in [2.75, 3.05) is 0 Å². The summed E-state index contributed by atoms with van der Waals surface area (Å²) in [5.74, 6) is 0.0265. The molecule has 5 nitrogen and oxygen atoms in total. The van der Waals surface area contributed by atoms with Gasteiger partial charge in [0.2, 0.25) is 5.89 Å². The monoisotopic (exact) mass is 536 g/mol. The van der Waals surface area contributed by atoms with Gasteiger partial charge in [0, 0.05) is 22.8 Å². The molecule has 4 aromatic carbocycles. The molecule has 0 spiro atoms. The van der Waals surface area contributed by atoms with Crippen molar-refractivity contribution in [3.8, 4) is 17.1 Å². The van der Waals surface area contributed by atoms with E-state index in [0.29, 0.717) is 33.9 Å². The SMILES string of the molecule is Cc1cc(C)c(-c2nc3c(cc(C=C4C(=O)c5cc6ccccc6cc5C4=O)n3-c3c(C)cccc3C)o2)c(C)c1. The van der Waals surface area contributed by atoms with Crippen LogP contribution in [-0.2, 0) is 0 Å². The van der Waals surface area contributed by atoms with Crippen LogP contribution in [0.1, 0.15) is 54.2 Å². The zero-order chi connectivity index (χ0) is 28.6. The molecule has 0 atom stereocenters. The number of nitrogens with zero attached hydrogens (tertiary/aromatic N) is 2. The number of oxazole rings is 1. The lowest BCUT2D eigenvalue weighted by molar-refractivity contribution is 0.0990. The molecule has 0 saturated heterocycles. The Morgan fingerprint density at radius 3 is 1.88 bits per heavy atom. The van der Waals surface area contributed by atoms with Crippen molar-refractivity contribution in [1.82, 2.24) is 9.55 Å². The molecule has 0 N–H and O–H groups in total. The molecule has 2 heterocycles. The topological polar surface area (TPSA) is 65.1 Å². The second kappa shape index (κ2) is 9.00. The number of Topliss-reactive ketones (excluding diaryl/α,β-unsaturated/α-hetero) is 2. The first-order valence-corrected chi connectivity index (χ1v) is 13.7. The van der Waals surface area contributed by atoms with Crippen molar-refractivity contribution >= 4 is 39.6 Å². The number of para-hydroxylation sites is 1. The average Bonchev–Trinajstić information content (AvgIpc) is 3.54. The van der Waals surface area contributed by atoms with Crippen LogP contribution in [0.2, 0.25) is 0 Å². The van der Waals surface area contributed by atoms with Gasteiger partial charge in [0.1, 0.15) is 0 Å². The molecule has 200 valence electrons. The Hall–Kier alpha value is -5.03. The summed E-state index contributed by atoms with van der Waals surface area (Å²) in [4.78, 5) is 32.2. The van der Waals surface area contributed by atoms with Gasteiger partial charge in [-0.3, -0.25) is 14.2 Å². The van der Waals surface area contributed by atoms with E-state index in [1.807, 2.05) is 79.1 Å². The summed E-state index contributed by atoms with van der Waals surface area (Å²) in [5.41, 5.74) is 10.3. The number of carbonyl (C=O) groups is 2. The maximum Gasteiger partial charge on any atom is 0.229 e. The van der Waals surface area contributed by atoms with E-state index in [2.05, 4.69) is 32.9 Å². The first-order valence-electron chi connectivity index (χ1n) is 13.7. The Morgan fingerprint density at radius 2 is 1.29 bits per heavy atom. The molecule has 0 unspecified atom stereocenters. The van der Waals surface area contributed by atoms with Gasteiger partial charge in [-0.15, -0.1) is 0 Å². The van der Waals surface area contributed by atoms with Crippen LogP contribution < -0.4 is 0 Å². The van der Waals surface area contributed by atoms with Crippen LogP contribution in [0.5, 0.6) is 0 Å². The number of hydrogen-bond acceptors (Lipinski definition) is 4. The average molecular weight is 537 g/mol. The Labute approximate surface area is 237 Å². The van der Waals surface area contributed by atoms with Gasteiger partial charge in [-0.2, -0.15) is 4.98 Å². The Kier molecular flexibility index (Phi) is 5.48. The number of ketones is 2. The number of aryl methyl sites for hydroxylation is 5. The number of fused-ring (bicyclic) bond motifs is 3. The van der Waals surface area contributed by atoms with E-state index in [-0.39, 0.29) is 17.1 Å². The van der Waals surface area contributed by atoms with E-state index in [1.54, 1.807) is 6.08 Å². The summed E-state index contributed by atoms with van der Waals surface area (Å²) in [7, 11) is 0. The lowest BCUT2D eigenvalue weighted by atomic mass is 10.00. The summed E-state index contributed by atoms with van der Waals surface area (Å²) < 4.78 is 8.39. The molecule has 7 rings (SSSR count). The fraction of sp³-hybridized carbons (Fsp3) is 0.139. The summed E-state index contributed by atoms with van der Waals surface area (Å²) in [6.07, 6.45) is 1.69. The van der Waals surface area contributed by atoms with Crippen LogP contribution in [0.15, 0.2) is 82.8 Å². The van der Waals surface area contributed by atoms with E-state index in [4.69, 9.17) is 9.40 Å². The van der Waals surface area contributed by atoms with Crippen LogP contribution in [0.25, 0.3) is 45.2 Å². The molecule has 2 aromatic heterocycles. The van der Waals surface area contributed by atoms with E-state index in [1.165, 1.54) is 5.56 Å². The smallest absolute Gasteiger partial charge is 0.229 e. The first-order chi connectivity index (χ1) is 19.7. The molecule has 0 bridgehead atoms. The Balaban J connectivity index is 1.45. The molecule has 6 aromatic rings. The van der Waals surface area contributed by atoms with Gasteiger partial charge in [0.25, 0.3) is 0 Å². The predicted octanol–water partition coefficient (Wildman–Crippen LogP) is 8.44. The number of hydrogen-bond donors (Lipinski definition) is 0. The zero-order valence-electron chi connectivity index (χ0n) is 23.6. The maximum atomic E-state index is 13.6. The number of allylic oxidation sites excluding steroid dienone is 1. The molecule has 0 amide bonds. The molecule has 1 aliphatic carbocycles. The predicted molar refractivity (Wildman–Crippen MR) is 163 cm³/mol. The third-order valence-corrected chi connectivity index (χ3v) is 8.09. The van der Waals surface area contributed by atoms with Crippen LogP contribution >= 0.6 is 0 Å². The quantitative estimate of drug-likeness (QED) is 0.168. The summed E-state index contributed by atoms with van der Waals surface area (Å²) in [5, 5.41) is 1.87. The van der Waals surface area contributed by atoms with Gasteiger partial charge in [0.15, 0.2) is 22.8 Å². The fourth-order valence-corrected chi connectivity index (χ4v) is 6.31. The van der Waals surface area contributed by atoms with Crippen molar-refractivity contribution in [3.63, 3.8) is 0 Å². The number of carbonyl (C=O) groups excluding carboxylic acids is 2. The highest BCUT2D eigenvalue weighted by Gasteiger charge is 2.34. The van der Waals surface area contributed by atoms with Gasteiger partial charge in [-0.25, -0.2) is 0 Å². The van der Waals surface area contributed by atoms with Crippen molar-refractivity contribution in [2.45, 2.75) is 34.6 Å². The lowest BCUT2D eigenvalue weighted by Gasteiger charge is -2.14. The maximum absolute atomic E-state index is 13.6. The standard InChI is InChI=1S/C36H28N2O3/c1-19-13-22(4)31(23(5)14-19)36-37-35-30(41-36)18-26(38(35)32-20(2)9-8-10-21(32)3)17-29-33(39)27-15-24-11-6-7-12-25(24)16-28(27)34(29)40/h6-18H,1-5H3. The second-order valence-corrected chi connectivity index (χ2v) is 11.1. The number of benzene rings is 4. The summed E-state index contributed by atoms with van der Waals surface area (Å²) in [6, 6.07) is 23.7. The van der Waals surface area contributed by atoms with Gasteiger partial charge in [0.05, 0.1) is 17.0 Å². The van der Waals surface area contributed by atoms with Crippen molar-refractivity contribution in [2.24, 2.45) is 0 Å². The minimum absolute atomic E-state index is 0.147. The molecule has 0 aliphatic heterocycles. The lowest BCUT2D eigenvalue weighted by Crippen LogP contribution is -2.05. The Bertz CT molecular complexity index is 2040. The van der Waals surface area contributed by atoms with Crippen molar-refractivity contribution in [3.05, 3.63) is 123 Å². The van der Waals surface area contributed by atoms with E-state index >= 15 is 0 Å². The van der Waals surface area contributed by atoms with E-state index < -0.39 is 0 Å². The zero-order valence-corrected chi connectivity index (χ0v) is 23.6. The minimum Gasteiger partial charge on any atom is -0.434 e. The molecule has 0 saturated carbocycles. The van der Waals surface area contributed by atoms with Crippen LogP contribution in [-0.4, -0.2) is 21.1 Å². The molecule has 0 radical (unpaired) electrons. The molecule has 1 aliphatic rings. The normalized spacial score (nSPS) is 13.0. The first kappa shape index (κ1) is 25.0. The van der Waals surface area contributed by atoms with Gasteiger partial charge in [-0.1, -0.05) is 60.2 Å². The second-order valence-electron chi connectivity index (χ2n) is 11.1. The molecule has 5 heteroatoms. The molecular formula is C36H28N2O3. The van der Waals surface area contributed by atoms with Crippen LogP contribution in [0.3, 0.4) is 0 Å². The minimum atomic E-state index is -0.263. The largest absolute Gasteiger partial charge is 0.434 e. The highest BCUT2D eigenvalue weighted by atomic mass is 16.3. The third kappa shape index (κ3) is 3.80. The Morgan fingerprint density at radius 1 is 0.707 bits per heavy atom. The van der Waals surface area contributed by atoms with E-state index in [9.17, 15) is 9.59 Å². The highest BCUT2D eigenvalue weighted by Crippen LogP contribution is 2.37. The molecule has 41 heavy (non-hydrogen) atoms. The molecule has 0 fully saturated rings. The van der Waals surface area contributed by atoms with Gasteiger partial charge >= 0.3 is 0 Å². The van der Waals surface area contributed by atoms with E-state index in [0.717, 1.165) is 44.3 Å². The molecular weight excluding hydrogens is 508 g/mol. The fourth-order valence-electron chi connectivity index (χ4n) is 6.31. The summed E-state index contributed by atoms with van der Waals surface area (Å²) >= 11 is 0. The van der Waals surface area contributed by atoms with Crippen LogP contribution in [0.4, 0.5) is 0 Å². The van der Waals surface area contributed by atoms with Crippen molar-refractivity contribution in [1.29, 1.82) is 0 Å². The van der Waals surface area contributed by atoms with Crippen molar-refractivity contribution < 1.29 is 14.0 Å². The van der Waals surface area contributed by atoms with Gasteiger partial charge in [-0.05, 0) is 85.9 Å². The van der Waals surface area contributed by atoms with Crippen LogP contribution in [0, 0.1) is 34.6 Å². The summed E-state index contributed by atoms with van der Waals surface area (Å²) in [6.45, 7) is 10.3. The number of aromatic nitrogens is 2.